The number of ether oxygens (including phenoxy) is 2. The molecule has 1 aliphatic rings. The zero-order valence-corrected chi connectivity index (χ0v) is 15.9. The van der Waals surface area contributed by atoms with Crippen molar-refractivity contribution in [2.75, 3.05) is 32.1 Å². The number of halogens is 1. The van der Waals surface area contributed by atoms with Crippen LogP contribution >= 0.6 is 11.6 Å². The van der Waals surface area contributed by atoms with Crippen molar-refractivity contribution in [1.29, 1.82) is 0 Å². The Kier molecular flexibility index (Phi) is 6.01. The van der Waals surface area contributed by atoms with Gasteiger partial charge in [0, 0.05) is 17.7 Å². The number of carbonyl (C=O) groups is 1. The van der Waals surface area contributed by atoms with E-state index in [-0.39, 0.29) is 5.91 Å². The Morgan fingerprint density at radius 3 is 2.69 bits per heavy atom. The molecule has 0 spiro atoms. The molecule has 2 N–H and O–H groups in total. The van der Waals surface area contributed by atoms with Crippen LogP contribution in [-0.4, -0.2) is 32.7 Å². The van der Waals surface area contributed by atoms with Crippen molar-refractivity contribution in [3.8, 4) is 11.5 Å². The molecule has 6 heteroatoms. The fourth-order valence-electron chi connectivity index (χ4n) is 2.91. The summed E-state index contributed by atoms with van der Waals surface area (Å²) in [6.45, 7) is 4.27. The first-order chi connectivity index (χ1) is 12.5. The highest BCUT2D eigenvalue weighted by Gasteiger charge is 2.18. The van der Waals surface area contributed by atoms with Crippen molar-refractivity contribution in [3.63, 3.8) is 0 Å². The molecule has 0 fully saturated rings. The first-order valence-electron chi connectivity index (χ1n) is 8.77. The van der Waals surface area contributed by atoms with E-state index in [4.69, 9.17) is 21.1 Å². The number of benzene rings is 2. The molecule has 26 heavy (non-hydrogen) atoms. The van der Waals surface area contributed by atoms with Gasteiger partial charge in [-0.05, 0) is 31.2 Å². The van der Waals surface area contributed by atoms with E-state index in [9.17, 15) is 4.79 Å². The molecular formula is C20H24ClN2O3+. The van der Waals surface area contributed by atoms with Crippen LogP contribution in [0, 0.1) is 6.92 Å². The lowest BCUT2D eigenvalue weighted by atomic mass is 10.2. The number of amides is 1. The highest BCUT2D eigenvalue weighted by Crippen LogP contribution is 2.37. The summed E-state index contributed by atoms with van der Waals surface area (Å²) in [5, 5.41) is 3.48. The number of rotatable bonds is 5. The van der Waals surface area contributed by atoms with Crippen LogP contribution in [0.25, 0.3) is 0 Å². The number of likely N-dealkylation sites (N-methyl/N-ethyl adjacent to an activating group) is 1. The van der Waals surface area contributed by atoms with Crippen molar-refractivity contribution >= 4 is 23.2 Å². The molecule has 0 aromatic heterocycles. The summed E-state index contributed by atoms with van der Waals surface area (Å²) in [4.78, 5) is 13.3. The predicted octanol–water partition coefficient (Wildman–Crippen LogP) is 2.46. The van der Waals surface area contributed by atoms with Gasteiger partial charge in [0.15, 0.2) is 18.0 Å². The first-order valence-corrected chi connectivity index (χ1v) is 9.15. The third kappa shape index (κ3) is 4.90. The van der Waals surface area contributed by atoms with Crippen LogP contribution in [-0.2, 0) is 11.3 Å². The number of nitrogens with one attached hydrogen (secondary N) is 2. The molecule has 0 saturated carbocycles. The van der Waals surface area contributed by atoms with E-state index in [1.165, 1.54) is 0 Å². The lowest BCUT2D eigenvalue weighted by Crippen LogP contribution is -3.08. The maximum absolute atomic E-state index is 12.2. The maximum Gasteiger partial charge on any atom is 0.279 e. The van der Waals surface area contributed by atoms with E-state index in [0.29, 0.717) is 42.8 Å². The minimum absolute atomic E-state index is 0.0215. The van der Waals surface area contributed by atoms with Gasteiger partial charge in [-0.15, -0.1) is 0 Å². The lowest BCUT2D eigenvalue weighted by Gasteiger charge is -2.16. The highest BCUT2D eigenvalue weighted by molar-refractivity contribution is 6.32. The standard InChI is InChI=1S/C20H23ClN2O3/c1-14-4-6-16(7-5-14)22-19(24)13-23(2)12-15-10-17(21)20-18(11-15)25-8-3-9-26-20/h4-7,10-11H,3,8-9,12-13H2,1-2H3,(H,22,24)/p+1. The van der Waals surface area contributed by atoms with Crippen molar-refractivity contribution in [3.05, 3.63) is 52.5 Å². The monoisotopic (exact) mass is 375 g/mol. The number of carbonyl (C=O) groups excluding carboxylic acids is 1. The van der Waals surface area contributed by atoms with Gasteiger partial charge < -0.3 is 19.7 Å². The van der Waals surface area contributed by atoms with E-state index in [1.807, 2.05) is 50.4 Å². The smallest absolute Gasteiger partial charge is 0.279 e. The molecule has 0 bridgehead atoms. The average molecular weight is 376 g/mol. The van der Waals surface area contributed by atoms with Gasteiger partial charge in [-0.25, -0.2) is 0 Å². The molecule has 0 aliphatic carbocycles. The summed E-state index contributed by atoms with van der Waals surface area (Å²) >= 11 is 6.34. The molecule has 2 aromatic rings. The molecule has 1 aliphatic heterocycles. The van der Waals surface area contributed by atoms with E-state index in [0.717, 1.165) is 28.1 Å². The van der Waals surface area contributed by atoms with Gasteiger partial charge in [-0.2, -0.15) is 0 Å². The molecule has 138 valence electrons. The third-order valence-corrected chi connectivity index (χ3v) is 4.45. The van der Waals surface area contributed by atoms with Gasteiger partial charge in [-0.1, -0.05) is 29.3 Å². The number of hydrogen-bond acceptors (Lipinski definition) is 3. The van der Waals surface area contributed by atoms with Crippen LogP contribution in [0.5, 0.6) is 11.5 Å². The molecular weight excluding hydrogens is 352 g/mol. The van der Waals surface area contributed by atoms with Crippen molar-refractivity contribution in [2.24, 2.45) is 0 Å². The van der Waals surface area contributed by atoms with Crippen LogP contribution < -0.4 is 19.7 Å². The van der Waals surface area contributed by atoms with E-state index in [1.54, 1.807) is 0 Å². The normalized spacial score (nSPS) is 14.4. The van der Waals surface area contributed by atoms with E-state index in [2.05, 4.69) is 5.32 Å². The van der Waals surface area contributed by atoms with Gasteiger partial charge in [0.25, 0.3) is 5.91 Å². The van der Waals surface area contributed by atoms with Gasteiger partial charge in [-0.3, -0.25) is 4.79 Å². The van der Waals surface area contributed by atoms with Crippen LogP contribution in [0.4, 0.5) is 5.69 Å². The predicted molar refractivity (Wildman–Crippen MR) is 102 cm³/mol. The summed E-state index contributed by atoms with van der Waals surface area (Å²) in [7, 11) is 1.98. The molecule has 0 radical (unpaired) electrons. The van der Waals surface area contributed by atoms with E-state index >= 15 is 0 Å². The highest BCUT2D eigenvalue weighted by atomic mass is 35.5. The number of fused-ring (bicyclic) bond motifs is 1. The summed E-state index contributed by atoms with van der Waals surface area (Å²) in [5.74, 6) is 1.27. The topological polar surface area (TPSA) is 52.0 Å². The number of aryl methyl sites for hydroxylation is 1. The number of quaternary nitrogens is 1. The van der Waals surface area contributed by atoms with Crippen molar-refractivity contribution in [1.82, 2.24) is 0 Å². The molecule has 1 heterocycles. The van der Waals surface area contributed by atoms with Crippen LogP contribution in [0.2, 0.25) is 5.02 Å². The third-order valence-electron chi connectivity index (χ3n) is 4.17. The van der Waals surface area contributed by atoms with Gasteiger partial charge in [0.05, 0.1) is 25.3 Å². The second-order valence-electron chi connectivity index (χ2n) is 6.68. The molecule has 0 saturated heterocycles. The number of hydrogen-bond donors (Lipinski definition) is 2. The van der Waals surface area contributed by atoms with Gasteiger partial charge >= 0.3 is 0 Å². The Labute approximate surface area is 158 Å². The summed E-state index contributed by atoms with van der Waals surface area (Å²) in [6.07, 6.45) is 0.838. The molecule has 1 unspecified atom stereocenters. The molecule has 5 nitrogen and oxygen atoms in total. The Morgan fingerprint density at radius 2 is 1.92 bits per heavy atom. The molecule has 1 atom stereocenters. The number of anilines is 1. The average Bonchev–Trinajstić information content (AvgIpc) is 2.82. The SMILES string of the molecule is Cc1ccc(NC(=O)C[NH+](C)Cc2cc(Cl)c3c(c2)OCCCO3)cc1. The quantitative estimate of drug-likeness (QED) is 0.844. The fourth-order valence-corrected chi connectivity index (χ4v) is 3.20. The second kappa shape index (κ2) is 8.43. The van der Waals surface area contributed by atoms with Crippen LogP contribution in [0.1, 0.15) is 17.5 Å². The summed E-state index contributed by atoms with van der Waals surface area (Å²) < 4.78 is 11.4. The zero-order chi connectivity index (χ0) is 18.5. The second-order valence-corrected chi connectivity index (χ2v) is 7.09. The minimum Gasteiger partial charge on any atom is -0.489 e. The maximum atomic E-state index is 12.2. The van der Waals surface area contributed by atoms with Crippen LogP contribution in [0.3, 0.4) is 0 Å². The van der Waals surface area contributed by atoms with E-state index < -0.39 is 0 Å². The largest absolute Gasteiger partial charge is 0.489 e. The summed E-state index contributed by atoms with van der Waals surface area (Å²) in [6, 6.07) is 11.6. The Morgan fingerprint density at radius 1 is 1.19 bits per heavy atom. The van der Waals surface area contributed by atoms with Gasteiger partial charge in [0.1, 0.15) is 6.54 Å². The molecule has 1 amide bonds. The lowest BCUT2D eigenvalue weighted by molar-refractivity contribution is -0.885. The Hall–Kier alpha value is -2.24. The van der Waals surface area contributed by atoms with Crippen molar-refractivity contribution in [2.45, 2.75) is 19.9 Å². The summed E-state index contributed by atoms with van der Waals surface area (Å²) in [5.41, 5.74) is 2.99. The zero-order valence-electron chi connectivity index (χ0n) is 15.1. The molecule has 3 rings (SSSR count). The Bertz CT molecular complexity index is 777. The Balaban J connectivity index is 1.60. The fraction of sp³-hybridized carbons (Fsp3) is 0.350. The van der Waals surface area contributed by atoms with Crippen molar-refractivity contribution < 1.29 is 19.2 Å². The van der Waals surface area contributed by atoms with Gasteiger partial charge in [0.2, 0.25) is 0 Å². The van der Waals surface area contributed by atoms with Crippen LogP contribution in [0.15, 0.2) is 36.4 Å². The molecule has 2 aromatic carbocycles. The minimum atomic E-state index is -0.0215. The first kappa shape index (κ1) is 18.5.